The van der Waals surface area contributed by atoms with Gasteiger partial charge in [-0.3, -0.25) is 0 Å². The van der Waals surface area contributed by atoms with Gasteiger partial charge in [-0.1, -0.05) is 239 Å². The first-order chi connectivity index (χ1) is 18.8. The average Bonchev–Trinajstić information content (AvgIpc) is 2.92. The van der Waals surface area contributed by atoms with Gasteiger partial charge in [0.25, 0.3) is 0 Å². The molecule has 0 aromatic carbocycles. The van der Waals surface area contributed by atoms with Crippen molar-refractivity contribution in [2.75, 3.05) is 0 Å². The molecule has 0 aliphatic heterocycles. The summed E-state index contributed by atoms with van der Waals surface area (Å²) in [6, 6.07) is 0. The molecule has 0 saturated carbocycles. The van der Waals surface area contributed by atoms with Crippen LogP contribution in [0.25, 0.3) is 0 Å². The highest BCUT2D eigenvalue weighted by atomic mass is 14.1. The summed E-state index contributed by atoms with van der Waals surface area (Å²) in [5.74, 6) is 0.969. The first-order valence-corrected chi connectivity index (χ1v) is 18.6. The lowest BCUT2D eigenvalue weighted by molar-refractivity contribution is 0.381. The highest BCUT2D eigenvalue weighted by molar-refractivity contribution is 4.62. The molecule has 0 saturated heterocycles. The molecule has 0 bridgehead atoms. The Hall–Kier alpha value is 0. The van der Waals surface area contributed by atoms with Crippen LogP contribution in [0.1, 0.15) is 232 Å². The quantitative estimate of drug-likeness (QED) is 0.0721. The van der Waals surface area contributed by atoms with E-state index in [1.807, 2.05) is 0 Å². The molecule has 0 aliphatic carbocycles. The Labute approximate surface area is 244 Å². The predicted molar refractivity (Wildman–Crippen MR) is 177 cm³/mol. The van der Waals surface area contributed by atoms with E-state index < -0.39 is 0 Å². The zero-order valence-electron chi connectivity index (χ0n) is 27.3. The van der Waals surface area contributed by atoms with Gasteiger partial charge in [-0.15, -0.1) is 0 Å². The first kappa shape index (κ1) is 38.0. The number of rotatable bonds is 34. The molecule has 0 spiro atoms. The van der Waals surface area contributed by atoms with Crippen molar-refractivity contribution in [1.29, 1.82) is 0 Å². The van der Waals surface area contributed by atoms with Crippen LogP contribution >= 0.6 is 0 Å². The average molecular weight is 534 g/mol. The Morgan fingerprint density at radius 3 is 0.711 bits per heavy atom. The van der Waals surface area contributed by atoms with Crippen molar-refractivity contribution in [2.24, 2.45) is 5.92 Å². The summed E-state index contributed by atoms with van der Waals surface area (Å²) in [5.41, 5.74) is 0. The smallest absolute Gasteiger partial charge is 0.0414 e. The van der Waals surface area contributed by atoms with Gasteiger partial charge < -0.3 is 0 Å². The predicted octanol–water partition coefficient (Wildman–Crippen LogP) is 14.7. The van der Waals surface area contributed by atoms with Crippen molar-refractivity contribution in [3.05, 3.63) is 6.92 Å². The van der Waals surface area contributed by atoms with E-state index in [9.17, 15) is 0 Å². The van der Waals surface area contributed by atoms with Crippen LogP contribution in [-0.2, 0) is 0 Å². The van der Waals surface area contributed by atoms with Crippen molar-refractivity contribution >= 4 is 0 Å². The molecule has 1 unspecified atom stereocenters. The van der Waals surface area contributed by atoms with Gasteiger partial charge in [0.1, 0.15) is 0 Å². The first-order valence-electron chi connectivity index (χ1n) is 18.6. The van der Waals surface area contributed by atoms with Gasteiger partial charge in [0.05, 0.1) is 0 Å². The van der Waals surface area contributed by atoms with E-state index in [0.29, 0.717) is 0 Å². The SMILES string of the molecule is [CH2]CCC(CCCCCCCCCCCCCCCC)CCCCCCCCCCCCCCCCCC. The van der Waals surface area contributed by atoms with E-state index in [4.69, 9.17) is 0 Å². The number of unbranched alkanes of at least 4 members (excludes halogenated alkanes) is 28. The molecule has 1 radical (unpaired) electrons. The minimum absolute atomic E-state index is 0.969. The molecule has 0 aromatic heterocycles. The van der Waals surface area contributed by atoms with E-state index in [1.54, 1.807) is 0 Å². The molecule has 0 amide bonds. The second kappa shape index (κ2) is 35.0. The lowest BCUT2D eigenvalue weighted by atomic mass is 9.90. The lowest BCUT2D eigenvalue weighted by Crippen LogP contribution is -2.00. The Balaban J connectivity index is 3.36. The minimum atomic E-state index is 0.969. The number of hydrogen-bond acceptors (Lipinski definition) is 0. The van der Waals surface area contributed by atoms with Gasteiger partial charge in [0.15, 0.2) is 0 Å². The summed E-state index contributed by atoms with van der Waals surface area (Å²) >= 11 is 0. The maximum atomic E-state index is 4.17. The van der Waals surface area contributed by atoms with Crippen LogP contribution in [0.4, 0.5) is 0 Å². The minimum Gasteiger partial charge on any atom is -0.0654 e. The van der Waals surface area contributed by atoms with Crippen LogP contribution in [0.2, 0.25) is 0 Å². The largest absolute Gasteiger partial charge is 0.0654 e. The van der Waals surface area contributed by atoms with E-state index in [2.05, 4.69) is 20.8 Å². The van der Waals surface area contributed by atoms with Crippen molar-refractivity contribution in [1.82, 2.24) is 0 Å². The standard InChI is InChI=1S/C38H77/c1-4-7-9-11-13-15-17-19-21-22-24-26-28-30-32-34-37-38(35-6-3)36-33-31-29-27-25-23-20-18-16-14-12-10-8-5-2/h38H,3-37H2,1-2H3. The molecular weight excluding hydrogens is 456 g/mol. The third-order valence-corrected chi connectivity index (χ3v) is 9.04. The third kappa shape index (κ3) is 32.2. The summed E-state index contributed by atoms with van der Waals surface area (Å²) in [5, 5.41) is 0. The maximum absolute atomic E-state index is 4.17. The van der Waals surface area contributed by atoms with Crippen molar-refractivity contribution < 1.29 is 0 Å². The fourth-order valence-electron chi connectivity index (χ4n) is 6.33. The van der Waals surface area contributed by atoms with Crippen LogP contribution < -0.4 is 0 Å². The zero-order valence-corrected chi connectivity index (χ0v) is 27.3. The van der Waals surface area contributed by atoms with E-state index in [1.165, 1.54) is 212 Å². The normalized spacial score (nSPS) is 12.4. The summed E-state index contributed by atoms with van der Waals surface area (Å²) < 4.78 is 0. The molecule has 229 valence electrons. The molecule has 0 aromatic rings. The molecule has 1 atom stereocenters. The topological polar surface area (TPSA) is 0 Å². The van der Waals surface area contributed by atoms with Crippen LogP contribution in [-0.4, -0.2) is 0 Å². The van der Waals surface area contributed by atoms with Gasteiger partial charge in [0.2, 0.25) is 0 Å². The summed E-state index contributed by atoms with van der Waals surface area (Å²) in [6.07, 6.45) is 49.6. The van der Waals surface area contributed by atoms with E-state index in [-0.39, 0.29) is 0 Å². The van der Waals surface area contributed by atoms with E-state index >= 15 is 0 Å². The summed E-state index contributed by atoms with van der Waals surface area (Å²) in [4.78, 5) is 0. The van der Waals surface area contributed by atoms with Gasteiger partial charge >= 0.3 is 0 Å². The molecular formula is C38H77. The molecule has 0 nitrogen and oxygen atoms in total. The molecule has 0 rings (SSSR count). The molecule has 0 N–H and O–H groups in total. The van der Waals surface area contributed by atoms with Crippen molar-refractivity contribution in [3.8, 4) is 0 Å². The Bertz CT molecular complexity index is 385. The van der Waals surface area contributed by atoms with Crippen LogP contribution in [0.5, 0.6) is 0 Å². The van der Waals surface area contributed by atoms with Crippen molar-refractivity contribution in [2.45, 2.75) is 232 Å². The lowest BCUT2D eigenvalue weighted by Gasteiger charge is -2.16. The molecule has 0 heteroatoms. The summed E-state index contributed by atoms with van der Waals surface area (Å²) in [7, 11) is 0. The fourth-order valence-corrected chi connectivity index (χ4v) is 6.33. The monoisotopic (exact) mass is 534 g/mol. The Morgan fingerprint density at radius 2 is 0.500 bits per heavy atom. The maximum Gasteiger partial charge on any atom is -0.0414 e. The van der Waals surface area contributed by atoms with Gasteiger partial charge in [-0.2, -0.15) is 0 Å². The Kier molecular flexibility index (Phi) is 35.0. The molecule has 0 fully saturated rings. The second-order valence-corrected chi connectivity index (χ2v) is 13.0. The zero-order chi connectivity index (χ0) is 27.6. The third-order valence-electron chi connectivity index (χ3n) is 9.04. The highest BCUT2D eigenvalue weighted by Crippen LogP contribution is 2.23. The summed E-state index contributed by atoms with van der Waals surface area (Å²) in [6.45, 7) is 8.79. The van der Waals surface area contributed by atoms with Crippen LogP contribution in [0, 0.1) is 12.8 Å². The second-order valence-electron chi connectivity index (χ2n) is 13.0. The van der Waals surface area contributed by atoms with Crippen LogP contribution in [0.3, 0.4) is 0 Å². The van der Waals surface area contributed by atoms with Crippen LogP contribution in [0.15, 0.2) is 0 Å². The van der Waals surface area contributed by atoms with Gasteiger partial charge in [-0.25, -0.2) is 0 Å². The van der Waals surface area contributed by atoms with Gasteiger partial charge in [0, 0.05) is 0 Å². The Morgan fingerprint density at radius 1 is 0.289 bits per heavy atom. The van der Waals surface area contributed by atoms with Crippen molar-refractivity contribution in [3.63, 3.8) is 0 Å². The fraction of sp³-hybridized carbons (Fsp3) is 0.974. The molecule has 0 heterocycles. The highest BCUT2D eigenvalue weighted by Gasteiger charge is 2.07. The van der Waals surface area contributed by atoms with E-state index in [0.717, 1.165) is 12.3 Å². The molecule has 0 aliphatic rings. The molecule has 38 heavy (non-hydrogen) atoms. The van der Waals surface area contributed by atoms with Gasteiger partial charge in [-0.05, 0) is 5.92 Å². The number of hydrogen-bond donors (Lipinski definition) is 0.